The van der Waals surface area contributed by atoms with Crippen molar-refractivity contribution in [1.82, 2.24) is 10.6 Å². The number of nitrogens with one attached hydrogen (secondary N) is 2. The summed E-state index contributed by atoms with van der Waals surface area (Å²) >= 11 is 0. The molecule has 2 N–H and O–H groups in total. The predicted molar refractivity (Wildman–Crippen MR) is 92.2 cm³/mol. The Bertz CT molecular complexity index is 580. The van der Waals surface area contributed by atoms with E-state index in [0.717, 1.165) is 12.8 Å². The molecule has 2 aliphatic rings. The molecular formula is C19H26N2O3. The topological polar surface area (TPSA) is 59.6 Å². The fraction of sp³-hybridized carbons (Fsp3) is 0.526. The van der Waals surface area contributed by atoms with Gasteiger partial charge in [0.05, 0.1) is 0 Å². The minimum absolute atomic E-state index is 0.0546. The van der Waals surface area contributed by atoms with E-state index >= 15 is 0 Å². The summed E-state index contributed by atoms with van der Waals surface area (Å²) in [4.78, 5) is 12.2. The number of rotatable bonds is 6. The number of ether oxygens (including phenoxy) is 2. The SMILES string of the molecule is CC(NC1(CNC(=O)C2=COCCO2)CCCC1)c1ccccc1. The van der Waals surface area contributed by atoms with Gasteiger partial charge >= 0.3 is 0 Å². The highest BCUT2D eigenvalue weighted by atomic mass is 16.6. The van der Waals surface area contributed by atoms with Crippen LogP contribution in [0.2, 0.25) is 0 Å². The van der Waals surface area contributed by atoms with Gasteiger partial charge in [-0.15, -0.1) is 0 Å². The molecular weight excluding hydrogens is 304 g/mol. The van der Waals surface area contributed by atoms with Gasteiger partial charge in [0.15, 0.2) is 0 Å². The van der Waals surface area contributed by atoms with E-state index < -0.39 is 0 Å². The van der Waals surface area contributed by atoms with Crippen LogP contribution in [0.4, 0.5) is 0 Å². The third kappa shape index (κ3) is 4.09. The first-order chi connectivity index (χ1) is 11.7. The highest BCUT2D eigenvalue weighted by molar-refractivity contribution is 5.91. The summed E-state index contributed by atoms with van der Waals surface area (Å²) in [5.41, 5.74) is 1.21. The highest BCUT2D eigenvalue weighted by Crippen LogP contribution is 2.32. The predicted octanol–water partition coefficient (Wildman–Crippen LogP) is 2.65. The summed E-state index contributed by atoms with van der Waals surface area (Å²) in [6.07, 6.45) is 5.92. The van der Waals surface area contributed by atoms with E-state index in [4.69, 9.17) is 9.47 Å². The standard InChI is InChI=1S/C19H26N2O3/c1-15(16-7-3-2-4-8-16)21-19(9-5-6-10-19)14-20-18(22)17-13-23-11-12-24-17/h2-4,7-8,13,15,21H,5-6,9-12,14H2,1H3,(H,20,22). The molecule has 24 heavy (non-hydrogen) atoms. The minimum atomic E-state index is -0.199. The number of carbonyl (C=O) groups excluding carboxylic acids is 1. The molecule has 130 valence electrons. The zero-order valence-electron chi connectivity index (χ0n) is 14.2. The zero-order chi connectivity index (χ0) is 16.8. The Kier molecular flexibility index (Phi) is 5.41. The number of hydrogen-bond donors (Lipinski definition) is 2. The number of carbonyl (C=O) groups is 1. The Morgan fingerprint density at radius 2 is 1.96 bits per heavy atom. The van der Waals surface area contributed by atoms with E-state index in [1.165, 1.54) is 24.7 Å². The van der Waals surface area contributed by atoms with Crippen molar-refractivity contribution in [3.8, 4) is 0 Å². The van der Waals surface area contributed by atoms with Gasteiger partial charge < -0.3 is 20.1 Å². The number of benzene rings is 1. The van der Waals surface area contributed by atoms with Crippen LogP contribution in [0, 0.1) is 0 Å². The van der Waals surface area contributed by atoms with Gasteiger partial charge in [-0.2, -0.15) is 0 Å². The molecule has 0 spiro atoms. The molecule has 1 amide bonds. The molecule has 0 saturated heterocycles. The van der Waals surface area contributed by atoms with Crippen LogP contribution < -0.4 is 10.6 Å². The molecule has 1 fully saturated rings. The quantitative estimate of drug-likeness (QED) is 0.842. The molecule has 3 rings (SSSR count). The van der Waals surface area contributed by atoms with Crippen molar-refractivity contribution in [3.63, 3.8) is 0 Å². The molecule has 0 aromatic heterocycles. The van der Waals surface area contributed by atoms with Crippen LogP contribution in [0.25, 0.3) is 0 Å². The van der Waals surface area contributed by atoms with E-state index in [1.54, 1.807) is 0 Å². The number of hydrogen-bond acceptors (Lipinski definition) is 4. The first-order valence-electron chi connectivity index (χ1n) is 8.74. The highest BCUT2D eigenvalue weighted by Gasteiger charge is 2.35. The van der Waals surface area contributed by atoms with Gasteiger partial charge in [0.25, 0.3) is 5.91 Å². The zero-order valence-corrected chi connectivity index (χ0v) is 14.2. The first kappa shape index (κ1) is 16.8. The van der Waals surface area contributed by atoms with Crippen LogP contribution >= 0.6 is 0 Å². The fourth-order valence-corrected chi connectivity index (χ4v) is 3.53. The molecule has 0 radical (unpaired) electrons. The molecule has 1 aromatic rings. The lowest BCUT2D eigenvalue weighted by atomic mass is 9.94. The largest absolute Gasteiger partial charge is 0.494 e. The van der Waals surface area contributed by atoms with Gasteiger partial charge in [-0.05, 0) is 25.3 Å². The Hall–Kier alpha value is -2.01. The molecule has 1 atom stereocenters. The smallest absolute Gasteiger partial charge is 0.289 e. The Labute approximate surface area is 143 Å². The average molecular weight is 330 g/mol. The number of amides is 1. The third-order valence-electron chi connectivity index (χ3n) is 4.84. The van der Waals surface area contributed by atoms with E-state index in [2.05, 4.69) is 41.8 Å². The van der Waals surface area contributed by atoms with Crippen LogP contribution in [-0.2, 0) is 14.3 Å². The summed E-state index contributed by atoms with van der Waals surface area (Å²) in [6, 6.07) is 10.7. The Morgan fingerprint density at radius 3 is 2.62 bits per heavy atom. The molecule has 1 saturated carbocycles. The summed E-state index contributed by atoms with van der Waals surface area (Å²) in [5, 5.41) is 6.78. The lowest BCUT2D eigenvalue weighted by Gasteiger charge is -2.34. The second kappa shape index (κ2) is 7.71. The minimum Gasteiger partial charge on any atom is -0.494 e. The molecule has 5 nitrogen and oxygen atoms in total. The normalized spacial score (nSPS) is 20.5. The fourth-order valence-electron chi connectivity index (χ4n) is 3.53. The van der Waals surface area contributed by atoms with Crippen LogP contribution in [0.3, 0.4) is 0 Å². The van der Waals surface area contributed by atoms with E-state index in [-0.39, 0.29) is 23.2 Å². The maximum absolute atomic E-state index is 12.2. The molecule has 1 aliphatic heterocycles. The van der Waals surface area contributed by atoms with Crippen molar-refractivity contribution in [2.75, 3.05) is 19.8 Å². The van der Waals surface area contributed by atoms with Crippen LogP contribution in [0.1, 0.15) is 44.2 Å². The van der Waals surface area contributed by atoms with E-state index in [1.807, 2.05) is 6.07 Å². The lowest BCUT2D eigenvalue weighted by Crippen LogP contribution is -2.52. The monoisotopic (exact) mass is 330 g/mol. The van der Waals surface area contributed by atoms with Gasteiger partial charge in [-0.1, -0.05) is 43.2 Å². The van der Waals surface area contributed by atoms with Gasteiger partial charge in [0.1, 0.15) is 19.5 Å². The van der Waals surface area contributed by atoms with Crippen molar-refractivity contribution in [2.24, 2.45) is 0 Å². The van der Waals surface area contributed by atoms with Crippen LogP contribution in [0.5, 0.6) is 0 Å². The van der Waals surface area contributed by atoms with Crippen molar-refractivity contribution < 1.29 is 14.3 Å². The molecule has 1 aliphatic carbocycles. The molecule has 0 bridgehead atoms. The Balaban J connectivity index is 1.61. The first-order valence-corrected chi connectivity index (χ1v) is 8.74. The van der Waals surface area contributed by atoms with Crippen molar-refractivity contribution in [1.29, 1.82) is 0 Å². The molecule has 5 heteroatoms. The maximum atomic E-state index is 12.2. The van der Waals surface area contributed by atoms with Gasteiger partial charge in [-0.25, -0.2) is 0 Å². The summed E-state index contributed by atoms with van der Waals surface area (Å²) in [5.74, 6) is 0.0700. The van der Waals surface area contributed by atoms with Crippen LogP contribution in [0.15, 0.2) is 42.4 Å². The van der Waals surface area contributed by atoms with Gasteiger partial charge in [0.2, 0.25) is 5.76 Å². The summed E-state index contributed by atoms with van der Waals surface area (Å²) in [7, 11) is 0. The molecule has 1 unspecified atom stereocenters. The van der Waals surface area contributed by atoms with Crippen molar-refractivity contribution in [2.45, 2.75) is 44.2 Å². The Morgan fingerprint density at radius 1 is 1.21 bits per heavy atom. The molecule has 1 heterocycles. The van der Waals surface area contributed by atoms with Gasteiger partial charge in [0, 0.05) is 18.1 Å². The van der Waals surface area contributed by atoms with E-state index in [0.29, 0.717) is 19.8 Å². The second-order valence-corrected chi connectivity index (χ2v) is 6.65. The molecule has 1 aromatic carbocycles. The average Bonchev–Trinajstić information content (AvgIpc) is 3.10. The summed E-state index contributed by atoms with van der Waals surface area (Å²) < 4.78 is 10.5. The third-order valence-corrected chi connectivity index (χ3v) is 4.84. The maximum Gasteiger partial charge on any atom is 0.289 e. The van der Waals surface area contributed by atoms with Crippen LogP contribution in [-0.4, -0.2) is 31.2 Å². The van der Waals surface area contributed by atoms with E-state index in [9.17, 15) is 4.79 Å². The van der Waals surface area contributed by atoms with Crippen molar-refractivity contribution >= 4 is 5.91 Å². The van der Waals surface area contributed by atoms with Crippen molar-refractivity contribution in [3.05, 3.63) is 47.9 Å². The van der Waals surface area contributed by atoms with Gasteiger partial charge in [-0.3, -0.25) is 4.79 Å². The second-order valence-electron chi connectivity index (χ2n) is 6.65. The lowest BCUT2D eigenvalue weighted by molar-refractivity contribution is -0.122. The summed E-state index contributed by atoms with van der Waals surface area (Å²) in [6.45, 7) is 3.70.